The summed E-state index contributed by atoms with van der Waals surface area (Å²) in [5, 5.41) is 60.7. The van der Waals surface area contributed by atoms with Crippen molar-refractivity contribution in [2.24, 2.45) is 0 Å². The van der Waals surface area contributed by atoms with Gasteiger partial charge in [-0.15, -0.1) is 0 Å². The van der Waals surface area contributed by atoms with Crippen molar-refractivity contribution in [1.82, 2.24) is 39.0 Å². The van der Waals surface area contributed by atoms with Gasteiger partial charge in [0, 0.05) is 0 Å². The van der Waals surface area contributed by atoms with Crippen molar-refractivity contribution in [3.63, 3.8) is 0 Å². The average molecular weight is 597 g/mol. The molecule has 4 aromatic rings. The van der Waals surface area contributed by atoms with E-state index >= 15 is 0 Å². The molecule has 0 spiro atoms. The van der Waals surface area contributed by atoms with E-state index in [1.807, 2.05) is 0 Å². The van der Waals surface area contributed by atoms with Crippen LogP contribution >= 0.6 is 21.6 Å². The van der Waals surface area contributed by atoms with E-state index in [4.69, 9.17) is 20.9 Å². The van der Waals surface area contributed by atoms with E-state index < -0.39 is 62.3 Å². The standard InChI is InChI=1S/C20H24N10O8S2/c21-19-25-13-7(23-3-29(13)17-11(35)9(33)5(1-31)37-17)15(27-19)39-40-16-8-14(26-20(22)28-16)30(4-24-8)18-12(36)10(34)6(2-32)38-18/h3-6,9-12,17-18,31-36H,1-2H2,(H2,21,25,27)(H2,22,26,28)/t5-,6-,9-,10-,11-,12-,17-,18-/m0/s1. The molecule has 2 aliphatic heterocycles. The Labute approximate surface area is 231 Å². The third kappa shape index (κ3) is 4.41. The van der Waals surface area contributed by atoms with Gasteiger partial charge in [0.2, 0.25) is 11.9 Å². The first-order valence-electron chi connectivity index (χ1n) is 11.8. The van der Waals surface area contributed by atoms with Gasteiger partial charge in [-0.05, 0) is 21.6 Å². The SMILES string of the molecule is Nc1nc(SSc2nc(N)nc3c2ncn3[C@H]2O[C@@H](CO)[C@H](O)[C@@H]2O)c2ncn([C@H]3O[C@@H](CO)[C@H](O)[C@@H]3O)c2n1. The Morgan fingerprint density at radius 3 is 1.43 bits per heavy atom. The minimum absolute atomic E-state index is 0.0925. The maximum atomic E-state index is 10.4. The first-order chi connectivity index (χ1) is 19.2. The highest BCUT2D eigenvalue weighted by Gasteiger charge is 2.45. The van der Waals surface area contributed by atoms with Crippen LogP contribution in [0, 0.1) is 0 Å². The van der Waals surface area contributed by atoms with Crippen LogP contribution in [0.5, 0.6) is 0 Å². The van der Waals surface area contributed by atoms with Crippen LogP contribution in [0.3, 0.4) is 0 Å². The predicted molar refractivity (Wildman–Crippen MR) is 137 cm³/mol. The van der Waals surface area contributed by atoms with Gasteiger partial charge < -0.3 is 51.6 Å². The molecule has 0 bridgehead atoms. The number of nitrogens with zero attached hydrogens (tertiary/aromatic N) is 8. The summed E-state index contributed by atoms with van der Waals surface area (Å²) in [6.07, 6.45) is -6.71. The molecule has 0 unspecified atom stereocenters. The summed E-state index contributed by atoms with van der Waals surface area (Å²) in [4.78, 5) is 25.6. The molecular weight excluding hydrogens is 572 g/mol. The first-order valence-corrected chi connectivity index (χ1v) is 14.0. The van der Waals surface area contributed by atoms with Crippen LogP contribution in [0.4, 0.5) is 11.9 Å². The Balaban J connectivity index is 1.30. The van der Waals surface area contributed by atoms with Crippen LogP contribution in [-0.2, 0) is 9.47 Å². The number of rotatable bonds is 7. The van der Waals surface area contributed by atoms with Crippen LogP contribution < -0.4 is 11.5 Å². The van der Waals surface area contributed by atoms with Gasteiger partial charge in [0.1, 0.15) is 57.7 Å². The van der Waals surface area contributed by atoms with E-state index in [-0.39, 0.29) is 23.2 Å². The lowest BCUT2D eigenvalue weighted by Gasteiger charge is -2.16. The van der Waals surface area contributed by atoms with Crippen molar-refractivity contribution in [2.45, 2.75) is 59.1 Å². The number of imidazole rings is 2. The van der Waals surface area contributed by atoms with Crippen LogP contribution in [0.2, 0.25) is 0 Å². The average Bonchev–Trinajstić information content (AvgIpc) is 3.68. The van der Waals surface area contributed by atoms with Crippen molar-refractivity contribution in [2.75, 3.05) is 24.7 Å². The summed E-state index contributed by atoms with van der Waals surface area (Å²) in [6, 6.07) is 0. The van der Waals surface area contributed by atoms with Crippen molar-refractivity contribution < 1.29 is 40.1 Å². The number of ether oxygens (including phenoxy) is 2. The Morgan fingerprint density at radius 2 is 1.07 bits per heavy atom. The zero-order valence-electron chi connectivity index (χ0n) is 20.2. The number of hydrogen-bond donors (Lipinski definition) is 8. The van der Waals surface area contributed by atoms with Crippen LogP contribution in [0.25, 0.3) is 22.3 Å². The highest BCUT2D eigenvalue weighted by Crippen LogP contribution is 2.42. The van der Waals surface area contributed by atoms with Crippen molar-refractivity contribution in [3.05, 3.63) is 12.7 Å². The summed E-state index contributed by atoms with van der Waals surface area (Å²) in [7, 11) is 2.24. The quantitative estimate of drug-likeness (QED) is 0.0787. The third-order valence-electron chi connectivity index (χ3n) is 6.60. The number of aliphatic hydroxyl groups excluding tert-OH is 6. The van der Waals surface area contributed by atoms with Crippen LogP contribution in [0.15, 0.2) is 22.7 Å². The third-order valence-corrected chi connectivity index (χ3v) is 8.76. The molecule has 10 N–H and O–H groups in total. The summed E-state index contributed by atoms with van der Waals surface area (Å²) in [5.41, 5.74) is 13.0. The molecule has 0 amide bonds. The summed E-state index contributed by atoms with van der Waals surface area (Å²) < 4.78 is 14.0. The van der Waals surface area contributed by atoms with Gasteiger partial charge in [-0.25, -0.2) is 19.9 Å². The molecule has 40 heavy (non-hydrogen) atoms. The zero-order chi connectivity index (χ0) is 28.3. The maximum Gasteiger partial charge on any atom is 0.223 e. The van der Waals surface area contributed by atoms with E-state index in [2.05, 4.69) is 29.9 Å². The molecule has 6 heterocycles. The van der Waals surface area contributed by atoms with E-state index in [9.17, 15) is 30.6 Å². The fourth-order valence-corrected chi connectivity index (χ4v) is 6.64. The van der Waals surface area contributed by atoms with Gasteiger partial charge in [0.15, 0.2) is 23.8 Å². The minimum atomic E-state index is -1.35. The molecule has 20 heteroatoms. The Bertz CT molecular complexity index is 1440. The Kier molecular flexibility index (Phi) is 7.14. The second-order valence-corrected chi connectivity index (χ2v) is 11.2. The Hall–Kier alpha value is -2.92. The molecule has 2 aliphatic rings. The molecule has 0 aliphatic carbocycles. The highest BCUT2D eigenvalue weighted by molar-refractivity contribution is 8.76. The number of nitrogens with two attached hydrogens (primary N) is 2. The number of aromatic nitrogens is 8. The molecule has 6 rings (SSSR count). The smallest absolute Gasteiger partial charge is 0.223 e. The van der Waals surface area contributed by atoms with Crippen LogP contribution in [-0.4, -0.2) is 120 Å². The van der Waals surface area contributed by atoms with E-state index in [0.29, 0.717) is 21.1 Å². The Morgan fingerprint density at radius 1 is 0.675 bits per heavy atom. The van der Waals surface area contributed by atoms with Gasteiger partial charge in [0.25, 0.3) is 0 Å². The van der Waals surface area contributed by atoms with Gasteiger partial charge in [-0.2, -0.15) is 9.97 Å². The predicted octanol–water partition coefficient (Wildman–Crippen LogP) is -2.85. The first kappa shape index (κ1) is 27.3. The highest BCUT2D eigenvalue weighted by atomic mass is 33.1. The number of hydrogen-bond acceptors (Lipinski definition) is 18. The lowest BCUT2D eigenvalue weighted by molar-refractivity contribution is -0.0511. The van der Waals surface area contributed by atoms with E-state index in [1.54, 1.807) is 0 Å². The number of anilines is 2. The maximum absolute atomic E-state index is 10.4. The van der Waals surface area contributed by atoms with Crippen molar-refractivity contribution in [3.8, 4) is 0 Å². The lowest BCUT2D eigenvalue weighted by Crippen LogP contribution is -2.33. The summed E-state index contributed by atoms with van der Waals surface area (Å²) in [5.74, 6) is -0.185. The molecular formula is C20H24N10O8S2. The fourth-order valence-electron chi connectivity index (χ4n) is 4.60. The molecule has 0 saturated carbocycles. The van der Waals surface area contributed by atoms with Gasteiger partial charge >= 0.3 is 0 Å². The number of aliphatic hydroxyl groups is 6. The number of fused-ring (bicyclic) bond motifs is 2. The molecule has 0 radical (unpaired) electrons. The van der Waals surface area contributed by atoms with Crippen molar-refractivity contribution >= 4 is 55.8 Å². The second kappa shape index (κ2) is 10.5. The monoisotopic (exact) mass is 596 g/mol. The zero-order valence-corrected chi connectivity index (χ0v) is 21.9. The summed E-state index contributed by atoms with van der Waals surface area (Å²) >= 11 is 0. The van der Waals surface area contributed by atoms with Gasteiger partial charge in [-0.1, -0.05) is 0 Å². The fraction of sp³-hybridized carbons (Fsp3) is 0.500. The molecule has 0 aromatic carbocycles. The molecule has 2 fully saturated rings. The van der Waals surface area contributed by atoms with Gasteiger partial charge in [-0.3, -0.25) is 9.13 Å². The molecule has 18 nitrogen and oxygen atoms in total. The lowest BCUT2D eigenvalue weighted by atomic mass is 10.1. The minimum Gasteiger partial charge on any atom is -0.394 e. The molecule has 214 valence electrons. The van der Waals surface area contributed by atoms with Gasteiger partial charge in [0.05, 0.1) is 25.9 Å². The number of nitrogen functional groups attached to an aromatic ring is 2. The molecule has 8 atom stereocenters. The van der Waals surface area contributed by atoms with E-state index in [1.165, 1.54) is 21.8 Å². The summed E-state index contributed by atoms with van der Waals surface area (Å²) in [6.45, 7) is -0.978. The normalized spacial score (nSPS) is 30.6. The molecule has 4 aromatic heterocycles. The van der Waals surface area contributed by atoms with Crippen LogP contribution in [0.1, 0.15) is 12.5 Å². The van der Waals surface area contributed by atoms with Crippen molar-refractivity contribution in [1.29, 1.82) is 0 Å². The molecule has 2 saturated heterocycles. The second-order valence-electron chi connectivity index (χ2n) is 9.05. The topological polar surface area (TPSA) is 279 Å². The largest absolute Gasteiger partial charge is 0.394 e. The van der Waals surface area contributed by atoms with E-state index in [0.717, 1.165) is 21.6 Å².